The third-order valence-corrected chi connectivity index (χ3v) is 3.11. The Morgan fingerprint density at radius 1 is 1.00 bits per heavy atom. The Hall–Kier alpha value is -2.42. The number of aryl methyl sites for hydroxylation is 1. The van der Waals surface area contributed by atoms with Crippen molar-refractivity contribution in [1.29, 1.82) is 0 Å². The molecule has 0 aliphatic rings. The van der Waals surface area contributed by atoms with Gasteiger partial charge in [0.2, 0.25) is 0 Å². The van der Waals surface area contributed by atoms with Crippen LogP contribution in [-0.4, -0.2) is 9.97 Å². The number of anilines is 1. The highest BCUT2D eigenvalue weighted by molar-refractivity contribution is 5.81. The van der Waals surface area contributed by atoms with E-state index in [1.54, 1.807) is 0 Å². The first-order valence-corrected chi connectivity index (χ1v) is 6.32. The zero-order chi connectivity index (χ0) is 13.1. The second kappa shape index (κ2) is 5.06. The van der Waals surface area contributed by atoms with Gasteiger partial charge in [0.25, 0.3) is 0 Å². The molecule has 2 aromatic heterocycles. The summed E-state index contributed by atoms with van der Waals surface area (Å²) in [5.41, 5.74) is 4.30. The smallest absolute Gasteiger partial charge is 0.0751 e. The number of rotatable bonds is 3. The minimum atomic E-state index is 0.749. The lowest BCUT2D eigenvalue weighted by molar-refractivity contribution is 1.12. The molecule has 0 amide bonds. The maximum Gasteiger partial charge on any atom is 0.0751 e. The maximum absolute atomic E-state index is 4.45. The molecular weight excluding hydrogens is 234 g/mol. The summed E-state index contributed by atoms with van der Waals surface area (Å²) in [7, 11) is 0. The highest BCUT2D eigenvalue weighted by Crippen LogP contribution is 2.17. The Balaban J connectivity index is 1.84. The fourth-order valence-corrected chi connectivity index (χ4v) is 2.08. The molecule has 0 bridgehead atoms. The van der Waals surface area contributed by atoms with Crippen LogP contribution in [-0.2, 0) is 6.54 Å². The third-order valence-electron chi connectivity index (χ3n) is 3.11. The molecule has 1 N–H and O–H groups in total. The molecule has 3 nitrogen and oxygen atoms in total. The molecule has 3 heteroatoms. The summed E-state index contributed by atoms with van der Waals surface area (Å²) in [6.45, 7) is 2.73. The van der Waals surface area contributed by atoms with Gasteiger partial charge in [0.15, 0.2) is 0 Å². The first-order chi connectivity index (χ1) is 9.33. The number of nitrogens with one attached hydrogen (secondary N) is 1. The van der Waals surface area contributed by atoms with Gasteiger partial charge in [-0.2, -0.15) is 0 Å². The molecule has 1 aromatic carbocycles. The quantitative estimate of drug-likeness (QED) is 0.771. The van der Waals surface area contributed by atoms with Crippen molar-refractivity contribution in [3.05, 3.63) is 66.1 Å². The Morgan fingerprint density at radius 3 is 2.74 bits per heavy atom. The van der Waals surface area contributed by atoms with Crippen LogP contribution in [0.4, 0.5) is 5.69 Å². The Labute approximate surface area is 112 Å². The molecule has 0 aliphatic heterocycles. The lowest BCUT2D eigenvalue weighted by atomic mass is 10.1. The van der Waals surface area contributed by atoms with Crippen LogP contribution in [0.5, 0.6) is 0 Å². The molecule has 0 aliphatic carbocycles. The number of nitrogens with zero attached hydrogens (tertiary/aromatic N) is 2. The molecule has 3 rings (SSSR count). The number of aromatic nitrogens is 2. The molecule has 3 aromatic rings. The van der Waals surface area contributed by atoms with Crippen LogP contribution < -0.4 is 5.32 Å². The van der Waals surface area contributed by atoms with Crippen molar-refractivity contribution in [2.45, 2.75) is 13.5 Å². The van der Waals surface area contributed by atoms with Crippen molar-refractivity contribution in [2.75, 3.05) is 5.32 Å². The van der Waals surface area contributed by atoms with E-state index in [0.717, 1.165) is 23.4 Å². The van der Waals surface area contributed by atoms with Gasteiger partial charge in [-0.05, 0) is 30.7 Å². The van der Waals surface area contributed by atoms with Crippen molar-refractivity contribution in [1.82, 2.24) is 9.97 Å². The molecule has 0 unspecified atom stereocenters. The Bertz CT molecular complexity index is 684. The summed E-state index contributed by atoms with van der Waals surface area (Å²) in [6, 6.07) is 14.3. The largest absolute Gasteiger partial charge is 0.380 e. The van der Waals surface area contributed by atoms with Crippen LogP contribution >= 0.6 is 0 Å². The van der Waals surface area contributed by atoms with Crippen molar-refractivity contribution < 1.29 is 0 Å². The lowest BCUT2D eigenvalue weighted by Crippen LogP contribution is -2.01. The van der Waals surface area contributed by atoms with Gasteiger partial charge in [0, 0.05) is 23.8 Å². The molecule has 0 saturated carbocycles. The summed E-state index contributed by atoms with van der Waals surface area (Å²) in [6.07, 6.45) is 3.69. The van der Waals surface area contributed by atoms with Crippen LogP contribution in [0.15, 0.2) is 54.9 Å². The van der Waals surface area contributed by atoms with E-state index >= 15 is 0 Å². The highest BCUT2D eigenvalue weighted by atomic mass is 14.9. The second-order valence-corrected chi connectivity index (χ2v) is 4.53. The predicted molar refractivity (Wildman–Crippen MR) is 78.0 cm³/mol. The molecule has 2 heterocycles. The summed E-state index contributed by atoms with van der Waals surface area (Å²) < 4.78 is 0. The molecule has 0 saturated heterocycles. The van der Waals surface area contributed by atoms with Crippen LogP contribution in [0.25, 0.3) is 10.9 Å². The zero-order valence-electron chi connectivity index (χ0n) is 10.8. The molecule has 0 radical (unpaired) electrons. The average Bonchev–Trinajstić information content (AvgIpc) is 2.47. The van der Waals surface area contributed by atoms with E-state index in [1.165, 1.54) is 10.9 Å². The fourth-order valence-electron chi connectivity index (χ4n) is 2.08. The van der Waals surface area contributed by atoms with E-state index < -0.39 is 0 Å². The SMILES string of the molecule is Cc1ccc(NCc2cccc3cccnc23)cn1. The van der Waals surface area contributed by atoms with Gasteiger partial charge in [-0.15, -0.1) is 0 Å². The van der Waals surface area contributed by atoms with E-state index in [-0.39, 0.29) is 0 Å². The van der Waals surface area contributed by atoms with Gasteiger partial charge in [-0.25, -0.2) is 0 Å². The number of fused-ring (bicyclic) bond motifs is 1. The number of hydrogen-bond donors (Lipinski definition) is 1. The van der Waals surface area contributed by atoms with Crippen LogP contribution in [0.1, 0.15) is 11.3 Å². The first-order valence-electron chi connectivity index (χ1n) is 6.32. The molecule has 0 atom stereocenters. The van der Waals surface area contributed by atoms with Gasteiger partial charge >= 0.3 is 0 Å². The summed E-state index contributed by atoms with van der Waals surface area (Å²) in [5, 5.41) is 4.55. The molecule has 0 fully saturated rings. The van der Waals surface area contributed by atoms with Crippen molar-refractivity contribution in [2.24, 2.45) is 0 Å². The van der Waals surface area contributed by atoms with E-state index in [0.29, 0.717) is 0 Å². The van der Waals surface area contributed by atoms with Gasteiger partial charge in [-0.3, -0.25) is 9.97 Å². The first kappa shape index (κ1) is 11.7. The summed E-state index contributed by atoms with van der Waals surface area (Å²) in [5.74, 6) is 0. The number of pyridine rings is 2. The van der Waals surface area contributed by atoms with Crippen LogP contribution in [0, 0.1) is 6.92 Å². The minimum Gasteiger partial charge on any atom is -0.380 e. The molecule has 94 valence electrons. The van der Waals surface area contributed by atoms with Crippen LogP contribution in [0.3, 0.4) is 0 Å². The van der Waals surface area contributed by atoms with Gasteiger partial charge in [0.1, 0.15) is 0 Å². The van der Waals surface area contributed by atoms with E-state index in [2.05, 4.69) is 39.6 Å². The number of benzene rings is 1. The normalized spacial score (nSPS) is 10.6. The van der Waals surface area contributed by atoms with Crippen LogP contribution in [0.2, 0.25) is 0 Å². The second-order valence-electron chi connectivity index (χ2n) is 4.53. The summed E-state index contributed by atoms with van der Waals surface area (Å²) >= 11 is 0. The van der Waals surface area contributed by atoms with E-state index in [1.807, 2.05) is 37.5 Å². The lowest BCUT2D eigenvalue weighted by Gasteiger charge is -2.08. The van der Waals surface area contributed by atoms with E-state index in [9.17, 15) is 0 Å². The Morgan fingerprint density at radius 2 is 1.89 bits per heavy atom. The third kappa shape index (κ3) is 2.55. The average molecular weight is 249 g/mol. The summed E-state index contributed by atoms with van der Waals surface area (Å²) in [4.78, 5) is 8.73. The zero-order valence-corrected chi connectivity index (χ0v) is 10.8. The predicted octanol–water partition coefficient (Wildman–Crippen LogP) is 3.55. The monoisotopic (exact) mass is 249 g/mol. The maximum atomic E-state index is 4.45. The van der Waals surface area contributed by atoms with E-state index in [4.69, 9.17) is 0 Å². The number of hydrogen-bond acceptors (Lipinski definition) is 3. The molecule has 19 heavy (non-hydrogen) atoms. The number of para-hydroxylation sites is 1. The van der Waals surface area contributed by atoms with Crippen molar-refractivity contribution in [3.8, 4) is 0 Å². The molecular formula is C16H15N3. The highest BCUT2D eigenvalue weighted by Gasteiger charge is 2.01. The topological polar surface area (TPSA) is 37.8 Å². The fraction of sp³-hybridized carbons (Fsp3) is 0.125. The van der Waals surface area contributed by atoms with Crippen molar-refractivity contribution in [3.63, 3.8) is 0 Å². The molecule has 0 spiro atoms. The van der Waals surface area contributed by atoms with Gasteiger partial charge < -0.3 is 5.32 Å². The standard InChI is InChI=1S/C16H15N3/c1-12-7-8-15(11-18-12)19-10-14-5-2-4-13-6-3-9-17-16(13)14/h2-9,11,19H,10H2,1H3. The van der Waals surface area contributed by atoms with Gasteiger partial charge in [0.05, 0.1) is 17.4 Å². The minimum absolute atomic E-state index is 0.749. The van der Waals surface area contributed by atoms with Crippen molar-refractivity contribution >= 4 is 16.6 Å². The Kier molecular flexibility index (Phi) is 3.11. The van der Waals surface area contributed by atoms with Gasteiger partial charge in [-0.1, -0.05) is 24.3 Å².